The molecular weight excluding hydrogens is 370 g/mol. The van der Waals surface area contributed by atoms with Crippen LogP contribution in [0.5, 0.6) is 0 Å². The van der Waals surface area contributed by atoms with Crippen LogP contribution in [0.2, 0.25) is 0 Å². The van der Waals surface area contributed by atoms with Gasteiger partial charge in [0.1, 0.15) is 5.78 Å². The summed E-state index contributed by atoms with van der Waals surface area (Å²) in [5.41, 5.74) is 5.08. The Hall–Kier alpha value is -3.07. The Morgan fingerprint density at radius 1 is 0.800 bits per heavy atom. The summed E-state index contributed by atoms with van der Waals surface area (Å²) in [5, 5.41) is 0. The van der Waals surface area contributed by atoms with Gasteiger partial charge in [0.05, 0.1) is 0 Å². The number of aryl methyl sites for hydroxylation is 1. The average molecular weight is 400 g/mol. The summed E-state index contributed by atoms with van der Waals surface area (Å²) in [7, 11) is 0. The van der Waals surface area contributed by atoms with E-state index in [9.17, 15) is 9.59 Å². The van der Waals surface area contributed by atoms with Crippen molar-refractivity contribution in [2.24, 2.45) is 0 Å². The van der Waals surface area contributed by atoms with Gasteiger partial charge < -0.3 is 0 Å². The Bertz CT molecular complexity index is 982. The van der Waals surface area contributed by atoms with Gasteiger partial charge in [0.2, 0.25) is 0 Å². The number of nitrogens with zero attached hydrogens (tertiary/aromatic N) is 1. The summed E-state index contributed by atoms with van der Waals surface area (Å²) in [6.07, 6.45) is 5.50. The maximum absolute atomic E-state index is 12.6. The number of pyridine rings is 1. The van der Waals surface area contributed by atoms with Crippen molar-refractivity contribution in [2.45, 2.75) is 51.9 Å². The zero-order valence-electron chi connectivity index (χ0n) is 18.0. The molecule has 1 aromatic heterocycles. The van der Waals surface area contributed by atoms with Crippen molar-refractivity contribution < 1.29 is 9.59 Å². The highest BCUT2D eigenvalue weighted by Gasteiger charge is 2.14. The second kappa shape index (κ2) is 9.62. The first-order valence-electron chi connectivity index (χ1n) is 10.4. The molecule has 0 fully saturated rings. The fraction of sp³-hybridized carbons (Fsp3) is 0.296. The van der Waals surface area contributed by atoms with Gasteiger partial charge in [-0.25, -0.2) is 0 Å². The zero-order chi connectivity index (χ0) is 21.6. The topological polar surface area (TPSA) is 47.0 Å². The van der Waals surface area contributed by atoms with Crippen LogP contribution in [0.15, 0.2) is 73.1 Å². The predicted molar refractivity (Wildman–Crippen MR) is 121 cm³/mol. The first-order chi connectivity index (χ1) is 14.3. The molecule has 30 heavy (non-hydrogen) atoms. The Kier molecular flexibility index (Phi) is 6.94. The van der Waals surface area contributed by atoms with Crippen molar-refractivity contribution in [1.82, 2.24) is 4.98 Å². The van der Waals surface area contributed by atoms with Crippen LogP contribution in [0.1, 0.15) is 59.8 Å². The maximum atomic E-state index is 12.6. The lowest BCUT2D eigenvalue weighted by atomic mass is 9.86. The smallest absolute Gasteiger partial charge is 0.167 e. The molecule has 154 valence electrons. The number of aromatic nitrogens is 1. The summed E-state index contributed by atoms with van der Waals surface area (Å²) in [5.74, 6) is 0.282. The van der Waals surface area contributed by atoms with Crippen molar-refractivity contribution in [3.63, 3.8) is 0 Å². The molecule has 0 radical (unpaired) electrons. The second-order valence-corrected chi connectivity index (χ2v) is 8.82. The minimum Gasteiger partial charge on any atom is -0.299 e. The molecule has 3 nitrogen and oxygen atoms in total. The molecule has 0 saturated heterocycles. The van der Waals surface area contributed by atoms with Gasteiger partial charge in [-0.15, -0.1) is 0 Å². The van der Waals surface area contributed by atoms with Crippen LogP contribution < -0.4 is 0 Å². The number of carbonyl (C=O) groups excluding carboxylic acids is 2. The van der Waals surface area contributed by atoms with E-state index >= 15 is 0 Å². The molecule has 0 bridgehead atoms. The van der Waals surface area contributed by atoms with E-state index in [1.54, 1.807) is 12.4 Å². The number of rotatable bonds is 8. The van der Waals surface area contributed by atoms with Crippen LogP contribution in [0.25, 0.3) is 0 Å². The zero-order valence-corrected chi connectivity index (χ0v) is 18.0. The standard InChI is InChI=1S/C27H29NO2/c1-27(2,3)24-13-8-21(9-14-24)18-26(30)23-11-6-20(7-12-23)17-25(29)15-10-22-5-4-16-28-19-22/h4-9,11-14,16,19H,10,15,17-18H2,1-3H3. The van der Waals surface area contributed by atoms with Gasteiger partial charge >= 0.3 is 0 Å². The van der Waals surface area contributed by atoms with Gasteiger partial charge in [-0.2, -0.15) is 0 Å². The quantitative estimate of drug-likeness (QED) is 0.467. The van der Waals surface area contributed by atoms with Gasteiger partial charge in [-0.05, 0) is 40.2 Å². The number of hydrogen-bond donors (Lipinski definition) is 0. The highest BCUT2D eigenvalue weighted by Crippen LogP contribution is 2.22. The first-order valence-corrected chi connectivity index (χ1v) is 10.4. The van der Waals surface area contributed by atoms with Crippen molar-refractivity contribution >= 4 is 11.6 Å². The van der Waals surface area contributed by atoms with Gasteiger partial charge in [0, 0.05) is 37.2 Å². The van der Waals surface area contributed by atoms with E-state index in [-0.39, 0.29) is 17.0 Å². The maximum Gasteiger partial charge on any atom is 0.167 e. The molecule has 0 atom stereocenters. The first kappa shape index (κ1) is 21.6. The minimum absolute atomic E-state index is 0.0907. The van der Waals surface area contributed by atoms with Crippen LogP contribution in [0.3, 0.4) is 0 Å². The molecule has 0 amide bonds. The van der Waals surface area contributed by atoms with Gasteiger partial charge in [-0.3, -0.25) is 14.6 Å². The van der Waals surface area contributed by atoms with E-state index in [1.807, 2.05) is 48.5 Å². The molecule has 2 aromatic carbocycles. The summed E-state index contributed by atoms with van der Waals surface area (Å²) < 4.78 is 0. The molecule has 0 aliphatic heterocycles. The predicted octanol–water partition coefficient (Wildman–Crippen LogP) is 5.55. The molecule has 0 aliphatic rings. The van der Waals surface area contributed by atoms with Crippen molar-refractivity contribution in [1.29, 1.82) is 0 Å². The molecule has 3 aromatic rings. The van der Waals surface area contributed by atoms with Crippen molar-refractivity contribution in [3.8, 4) is 0 Å². The lowest BCUT2D eigenvalue weighted by molar-refractivity contribution is -0.118. The molecule has 0 saturated carbocycles. The van der Waals surface area contributed by atoms with E-state index in [1.165, 1.54) is 5.56 Å². The number of hydrogen-bond acceptors (Lipinski definition) is 3. The highest BCUT2D eigenvalue weighted by molar-refractivity contribution is 5.97. The molecular formula is C27H29NO2. The molecule has 0 aliphatic carbocycles. The van der Waals surface area contributed by atoms with Crippen LogP contribution in [-0.2, 0) is 29.5 Å². The summed E-state index contributed by atoms with van der Waals surface area (Å²) in [6.45, 7) is 6.54. The second-order valence-electron chi connectivity index (χ2n) is 8.82. The monoisotopic (exact) mass is 399 g/mol. The van der Waals surface area contributed by atoms with Gasteiger partial charge in [-0.1, -0.05) is 75.4 Å². The number of benzene rings is 2. The highest BCUT2D eigenvalue weighted by atomic mass is 16.1. The molecule has 0 unspecified atom stereocenters. The largest absolute Gasteiger partial charge is 0.299 e. The molecule has 0 N–H and O–H groups in total. The van der Waals surface area contributed by atoms with E-state index in [2.05, 4.69) is 37.9 Å². The van der Waals surface area contributed by atoms with E-state index < -0.39 is 0 Å². The van der Waals surface area contributed by atoms with Crippen LogP contribution in [0.4, 0.5) is 0 Å². The third-order valence-electron chi connectivity index (χ3n) is 5.28. The normalized spacial score (nSPS) is 11.3. The summed E-state index contributed by atoms with van der Waals surface area (Å²) >= 11 is 0. The van der Waals surface area contributed by atoms with Crippen LogP contribution in [-0.4, -0.2) is 16.6 Å². The number of ketones is 2. The SMILES string of the molecule is CC(C)(C)c1ccc(CC(=O)c2ccc(CC(=O)CCc3cccnc3)cc2)cc1. The number of Topliss-reactive ketones (excluding diaryl/α,β-unsaturated/α-hetero) is 2. The molecule has 3 heteroatoms. The summed E-state index contributed by atoms with van der Waals surface area (Å²) in [6, 6.07) is 19.6. The third-order valence-corrected chi connectivity index (χ3v) is 5.28. The van der Waals surface area contributed by atoms with Crippen LogP contribution in [0, 0.1) is 0 Å². The Morgan fingerprint density at radius 2 is 1.43 bits per heavy atom. The lowest BCUT2D eigenvalue weighted by Gasteiger charge is -2.19. The fourth-order valence-corrected chi connectivity index (χ4v) is 3.36. The van der Waals surface area contributed by atoms with E-state index in [0.29, 0.717) is 31.2 Å². The lowest BCUT2D eigenvalue weighted by Crippen LogP contribution is -2.11. The molecule has 1 heterocycles. The number of carbonyl (C=O) groups is 2. The average Bonchev–Trinajstić information content (AvgIpc) is 2.73. The molecule has 0 spiro atoms. The Morgan fingerprint density at radius 3 is 2.03 bits per heavy atom. The van der Waals surface area contributed by atoms with Crippen molar-refractivity contribution in [2.75, 3.05) is 0 Å². The Balaban J connectivity index is 1.53. The summed E-state index contributed by atoms with van der Waals surface area (Å²) in [4.78, 5) is 28.9. The third kappa shape index (κ3) is 6.21. The van der Waals surface area contributed by atoms with Crippen LogP contribution >= 0.6 is 0 Å². The Labute approximate surface area is 179 Å². The molecule has 3 rings (SSSR count). The van der Waals surface area contributed by atoms with Gasteiger partial charge in [0.25, 0.3) is 0 Å². The van der Waals surface area contributed by atoms with Gasteiger partial charge in [0.15, 0.2) is 5.78 Å². The van der Waals surface area contributed by atoms with E-state index in [4.69, 9.17) is 0 Å². The van der Waals surface area contributed by atoms with E-state index in [0.717, 1.165) is 16.7 Å². The fourth-order valence-electron chi connectivity index (χ4n) is 3.36. The van der Waals surface area contributed by atoms with Crippen molar-refractivity contribution in [3.05, 3.63) is 101 Å². The minimum atomic E-state index is 0.0907.